The molecule has 1 fully saturated rings. The fraction of sp³-hybridized carbons (Fsp3) is 0.286. The maximum absolute atomic E-state index is 13.2. The van der Waals surface area contributed by atoms with E-state index in [9.17, 15) is 24.5 Å². The predicted molar refractivity (Wildman–Crippen MR) is 110 cm³/mol. The standard InChI is InChI=1S/C21H20N4O6/c1-31-14-8-9-16(17(11-14)25(29)30)22-18(26)12-24-19(27)21(23-20(24)28)10-4-6-13-5-2-3-7-15(13)21/h2-3,5,7-9,11H,4,6,10,12H2,1H3,(H,22,26)(H,23,28)/t21-/m1/s1. The quantitative estimate of drug-likeness (QED) is 0.430. The molecule has 1 aliphatic carbocycles. The molecule has 2 N–H and O–H groups in total. The number of nitro benzene ring substituents is 1. The van der Waals surface area contributed by atoms with E-state index < -0.39 is 34.9 Å². The summed E-state index contributed by atoms with van der Waals surface area (Å²) in [6, 6.07) is 10.7. The number of nitrogens with one attached hydrogen (secondary N) is 2. The van der Waals surface area contributed by atoms with E-state index in [4.69, 9.17) is 4.74 Å². The van der Waals surface area contributed by atoms with Gasteiger partial charge in [-0.2, -0.15) is 0 Å². The first-order valence-corrected chi connectivity index (χ1v) is 9.70. The minimum atomic E-state index is -1.18. The van der Waals surface area contributed by atoms with E-state index in [1.165, 1.54) is 25.3 Å². The SMILES string of the molecule is COc1ccc(NC(=O)CN2C(=O)N[C@@]3(CCCc4ccccc43)C2=O)c([N+](=O)[O-])c1. The number of ether oxygens (including phenoxy) is 1. The Labute approximate surface area is 177 Å². The summed E-state index contributed by atoms with van der Waals surface area (Å²) in [6.07, 6.45) is 1.97. The van der Waals surface area contributed by atoms with Gasteiger partial charge in [0.1, 0.15) is 23.5 Å². The number of aryl methyl sites for hydroxylation is 1. The van der Waals surface area contributed by atoms with Crippen molar-refractivity contribution >= 4 is 29.2 Å². The lowest BCUT2D eigenvalue weighted by Crippen LogP contribution is -2.47. The van der Waals surface area contributed by atoms with Gasteiger partial charge in [-0.1, -0.05) is 24.3 Å². The van der Waals surface area contributed by atoms with Crippen molar-refractivity contribution in [2.75, 3.05) is 19.0 Å². The molecule has 0 bridgehead atoms. The zero-order chi connectivity index (χ0) is 22.2. The van der Waals surface area contributed by atoms with Crippen LogP contribution in [0, 0.1) is 10.1 Å². The van der Waals surface area contributed by atoms with Crippen LogP contribution in [0.25, 0.3) is 0 Å². The molecule has 1 saturated heterocycles. The van der Waals surface area contributed by atoms with Gasteiger partial charge in [0.15, 0.2) is 0 Å². The largest absolute Gasteiger partial charge is 0.496 e. The van der Waals surface area contributed by atoms with Gasteiger partial charge in [0, 0.05) is 0 Å². The number of urea groups is 1. The molecule has 1 atom stereocenters. The molecule has 160 valence electrons. The first kappa shape index (κ1) is 20.3. The minimum absolute atomic E-state index is 0.0550. The van der Waals surface area contributed by atoms with Crippen LogP contribution in [-0.2, 0) is 21.5 Å². The molecular weight excluding hydrogens is 404 g/mol. The van der Waals surface area contributed by atoms with Crippen molar-refractivity contribution in [3.63, 3.8) is 0 Å². The predicted octanol–water partition coefficient (Wildman–Crippen LogP) is 2.33. The summed E-state index contributed by atoms with van der Waals surface area (Å²) in [5, 5.41) is 16.5. The van der Waals surface area contributed by atoms with Crippen LogP contribution in [0.1, 0.15) is 24.0 Å². The zero-order valence-corrected chi connectivity index (χ0v) is 16.7. The van der Waals surface area contributed by atoms with Crippen molar-refractivity contribution in [2.45, 2.75) is 24.8 Å². The average Bonchev–Trinajstić information content (AvgIpc) is 2.99. The molecule has 4 rings (SSSR count). The Hall–Kier alpha value is -3.95. The first-order chi connectivity index (χ1) is 14.9. The molecule has 1 aliphatic heterocycles. The molecule has 0 radical (unpaired) electrons. The number of fused-ring (bicyclic) bond motifs is 2. The Morgan fingerprint density at radius 1 is 1.29 bits per heavy atom. The average molecular weight is 424 g/mol. The van der Waals surface area contributed by atoms with E-state index >= 15 is 0 Å². The second-order valence-corrected chi connectivity index (χ2v) is 7.43. The molecule has 1 spiro atoms. The Morgan fingerprint density at radius 3 is 2.81 bits per heavy atom. The number of rotatable bonds is 5. The number of hydrogen-bond donors (Lipinski definition) is 2. The van der Waals surface area contributed by atoms with Crippen molar-refractivity contribution < 1.29 is 24.0 Å². The van der Waals surface area contributed by atoms with E-state index in [2.05, 4.69) is 10.6 Å². The number of methoxy groups -OCH3 is 1. The topological polar surface area (TPSA) is 131 Å². The lowest BCUT2D eigenvalue weighted by atomic mass is 9.76. The number of carbonyl (C=O) groups is 3. The number of anilines is 1. The summed E-state index contributed by atoms with van der Waals surface area (Å²) in [6.45, 7) is -0.558. The Morgan fingerprint density at radius 2 is 2.06 bits per heavy atom. The van der Waals surface area contributed by atoms with Crippen molar-refractivity contribution in [3.05, 3.63) is 63.7 Å². The lowest BCUT2D eigenvalue weighted by Gasteiger charge is -2.33. The minimum Gasteiger partial charge on any atom is -0.496 e. The van der Waals surface area contributed by atoms with Crippen molar-refractivity contribution in [1.82, 2.24) is 10.2 Å². The smallest absolute Gasteiger partial charge is 0.325 e. The number of imide groups is 1. The summed E-state index contributed by atoms with van der Waals surface area (Å²) >= 11 is 0. The molecule has 10 heteroatoms. The van der Waals surface area contributed by atoms with Gasteiger partial charge in [-0.25, -0.2) is 4.79 Å². The van der Waals surface area contributed by atoms with Gasteiger partial charge >= 0.3 is 6.03 Å². The van der Waals surface area contributed by atoms with Crippen molar-refractivity contribution in [1.29, 1.82) is 0 Å². The Bertz CT molecular complexity index is 1100. The molecule has 10 nitrogen and oxygen atoms in total. The van der Waals surface area contributed by atoms with Crippen LogP contribution in [0.15, 0.2) is 42.5 Å². The van der Waals surface area contributed by atoms with Crippen LogP contribution >= 0.6 is 0 Å². The van der Waals surface area contributed by atoms with E-state index in [0.717, 1.165) is 28.9 Å². The monoisotopic (exact) mass is 424 g/mol. The third kappa shape index (κ3) is 3.45. The molecule has 0 unspecified atom stereocenters. The maximum Gasteiger partial charge on any atom is 0.325 e. The number of carbonyl (C=O) groups excluding carboxylic acids is 3. The molecule has 2 aromatic rings. The zero-order valence-electron chi connectivity index (χ0n) is 16.7. The van der Waals surface area contributed by atoms with E-state index in [1.54, 1.807) is 0 Å². The summed E-state index contributed by atoms with van der Waals surface area (Å²) < 4.78 is 4.97. The highest BCUT2D eigenvalue weighted by Gasteiger charge is 2.54. The molecule has 0 aromatic heterocycles. The van der Waals surface area contributed by atoms with Gasteiger partial charge in [0.2, 0.25) is 5.91 Å². The molecule has 4 amide bonds. The number of benzene rings is 2. The number of hydrogen-bond acceptors (Lipinski definition) is 6. The third-order valence-corrected chi connectivity index (χ3v) is 5.63. The van der Waals surface area contributed by atoms with Crippen LogP contribution in [-0.4, -0.2) is 41.3 Å². The highest BCUT2D eigenvalue weighted by atomic mass is 16.6. The normalized spacial score (nSPS) is 19.7. The second kappa shape index (κ2) is 7.71. The highest BCUT2D eigenvalue weighted by molar-refractivity contribution is 6.10. The summed E-state index contributed by atoms with van der Waals surface area (Å²) in [7, 11) is 1.37. The molecule has 31 heavy (non-hydrogen) atoms. The maximum atomic E-state index is 13.2. The van der Waals surface area contributed by atoms with E-state index in [0.29, 0.717) is 6.42 Å². The van der Waals surface area contributed by atoms with Crippen LogP contribution < -0.4 is 15.4 Å². The van der Waals surface area contributed by atoms with Crippen LogP contribution in [0.5, 0.6) is 5.75 Å². The fourth-order valence-electron chi connectivity index (χ4n) is 4.18. The van der Waals surface area contributed by atoms with Gasteiger partial charge in [0.25, 0.3) is 11.6 Å². The fourth-order valence-corrected chi connectivity index (χ4v) is 4.18. The van der Waals surface area contributed by atoms with Gasteiger partial charge in [0.05, 0.1) is 18.1 Å². The van der Waals surface area contributed by atoms with E-state index in [1.807, 2.05) is 24.3 Å². The molecule has 2 aliphatic rings. The van der Waals surface area contributed by atoms with Gasteiger partial charge in [-0.3, -0.25) is 24.6 Å². The van der Waals surface area contributed by atoms with Crippen molar-refractivity contribution in [3.8, 4) is 5.75 Å². The number of nitrogens with zero attached hydrogens (tertiary/aromatic N) is 2. The lowest BCUT2D eigenvalue weighted by molar-refractivity contribution is -0.384. The summed E-state index contributed by atoms with van der Waals surface area (Å²) in [5.74, 6) is -0.960. The van der Waals surface area contributed by atoms with Crippen molar-refractivity contribution in [2.24, 2.45) is 0 Å². The van der Waals surface area contributed by atoms with Crippen LogP contribution in [0.4, 0.5) is 16.2 Å². The molecule has 2 aromatic carbocycles. The number of amides is 4. The van der Waals surface area contributed by atoms with Crippen LogP contribution in [0.2, 0.25) is 0 Å². The highest BCUT2D eigenvalue weighted by Crippen LogP contribution is 2.40. The van der Waals surface area contributed by atoms with E-state index in [-0.39, 0.29) is 17.1 Å². The van der Waals surface area contributed by atoms with Gasteiger partial charge in [-0.15, -0.1) is 0 Å². The molecule has 0 saturated carbocycles. The first-order valence-electron chi connectivity index (χ1n) is 9.70. The Balaban J connectivity index is 1.55. The van der Waals surface area contributed by atoms with Gasteiger partial charge in [-0.05, 0) is 42.5 Å². The van der Waals surface area contributed by atoms with Gasteiger partial charge < -0.3 is 15.4 Å². The van der Waals surface area contributed by atoms with Crippen LogP contribution in [0.3, 0.4) is 0 Å². The number of nitro groups is 1. The second-order valence-electron chi connectivity index (χ2n) is 7.43. The molecule has 1 heterocycles. The third-order valence-electron chi connectivity index (χ3n) is 5.63. The summed E-state index contributed by atoms with van der Waals surface area (Å²) in [4.78, 5) is 49.9. The summed E-state index contributed by atoms with van der Waals surface area (Å²) in [5.41, 5.74) is 0.136. The Kier molecular flexibility index (Phi) is 5.05. The molecular formula is C21H20N4O6.